The van der Waals surface area contributed by atoms with Gasteiger partial charge in [-0.3, -0.25) is 4.79 Å². The summed E-state index contributed by atoms with van der Waals surface area (Å²) < 4.78 is 1.62. The zero-order chi connectivity index (χ0) is 15.7. The van der Waals surface area contributed by atoms with Gasteiger partial charge in [0.15, 0.2) is 5.69 Å². The summed E-state index contributed by atoms with van der Waals surface area (Å²) in [5.41, 5.74) is 1.18. The van der Waals surface area contributed by atoms with Crippen molar-refractivity contribution in [2.75, 3.05) is 20.1 Å². The highest BCUT2D eigenvalue weighted by Gasteiger charge is 2.25. The smallest absolute Gasteiger partial charge is 0.274 e. The Labute approximate surface area is 138 Å². The lowest BCUT2D eigenvalue weighted by molar-refractivity contribution is 0.0737. The third kappa shape index (κ3) is 2.97. The highest BCUT2D eigenvalue weighted by atomic mass is 35.5. The molecule has 2 heterocycles. The summed E-state index contributed by atoms with van der Waals surface area (Å²) in [6.07, 6.45) is 2.71. The summed E-state index contributed by atoms with van der Waals surface area (Å²) in [5.74, 6) is -0.0764. The Morgan fingerprint density at radius 2 is 2.18 bits per heavy atom. The van der Waals surface area contributed by atoms with E-state index in [-0.39, 0.29) is 11.9 Å². The van der Waals surface area contributed by atoms with Crippen LogP contribution in [0.2, 0.25) is 10.0 Å². The third-order valence-electron chi connectivity index (χ3n) is 3.88. The van der Waals surface area contributed by atoms with Gasteiger partial charge in [0.05, 0.1) is 15.7 Å². The number of halogens is 2. The fraction of sp³-hybridized carbons (Fsp3) is 0.333. The fourth-order valence-corrected chi connectivity index (χ4v) is 2.82. The minimum absolute atomic E-state index is 0.0764. The Balaban J connectivity index is 1.80. The van der Waals surface area contributed by atoms with Crippen molar-refractivity contribution < 1.29 is 4.79 Å². The van der Waals surface area contributed by atoms with Crippen LogP contribution in [0.25, 0.3) is 5.69 Å². The van der Waals surface area contributed by atoms with Gasteiger partial charge in [0.2, 0.25) is 0 Å². The highest BCUT2D eigenvalue weighted by molar-refractivity contribution is 6.42. The molecule has 0 saturated carbocycles. The van der Waals surface area contributed by atoms with E-state index in [4.69, 9.17) is 23.2 Å². The van der Waals surface area contributed by atoms with E-state index in [0.29, 0.717) is 15.7 Å². The van der Waals surface area contributed by atoms with Crippen LogP contribution in [0.1, 0.15) is 16.9 Å². The number of aromatic nitrogens is 2. The van der Waals surface area contributed by atoms with Crippen molar-refractivity contribution in [1.29, 1.82) is 0 Å². The molecule has 1 aromatic heterocycles. The normalized spacial score (nSPS) is 17.7. The van der Waals surface area contributed by atoms with E-state index in [1.165, 1.54) is 0 Å². The van der Waals surface area contributed by atoms with Gasteiger partial charge >= 0.3 is 0 Å². The van der Waals surface area contributed by atoms with Crippen LogP contribution in [-0.4, -0.2) is 46.8 Å². The monoisotopic (exact) mass is 338 g/mol. The number of likely N-dealkylation sites (N-methyl/N-ethyl adjacent to an activating group) is 1. The first-order valence-corrected chi connectivity index (χ1v) is 7.81. The molecule has 7 heteroatoms. The summed E-state index contributed by atoms with van der Waals surface area (Å²) in [6, 6.07) is 7.17. The first kappa shape index (κ1) is 15.3. The molecule has 1 aliphatic rings. The van der Waals surface area contributed by atoms with Gasteiger partial charge in [0, 0.05) is 25.8 Å². The second-order valence-electron chi connectivity index (χ2n) is 5.31. The Kier molecular flexibility index (Phi) is 4.38. The minimum atomic E-state index is -0.0764. The standard InChI is InChI=1S/C15H16Cl2N4O/c1-20(11-4-6-18-9-11)15(22)14-5-7-21(19-14)10-2-3-12(16)13(17)8-10/h2-3,5,7-8,11,18H,4,6,9H2,1H3. The number of carbonyl (C=O) groups is 1. The molecule has 3 rings (SSSR count). The van der Waals surface area contributed by atoms with Crippen LogP contribution in [0.3, 0.4) is 0 Å². The molecular weight excluding hydrogens is 323 g/mol. The summed E-state index contributed by atoms with van der Waals surface area (Å²) in [7, 11) is 1.82. The number of amides is 1. The van der Waals surface area contributed by atoms with E-state index in [2.05, 4.69) is 10.4 Å². The van der Waals surface area contributed by atoms with Gasteiger partial charge in [-0.05, 0) is 37.2 Å². The molecule has 0 aliphatic carbocycles. The van der Waals surface area contributed by atoms with Crippen molar-refractivity contribution in [1.82, 2.24) is 20.0 Å². The quantitative estimate of drug-likeness (QED) is 0.935. The highest BCUT2D eigenvalue weighted by Crippen LogP contribution is 2.24. The maximum absolute atomic E-state index is 12.5. The second kappa shape index (κ2) is 6.28. The maximum atomic E-state index is 12.5. The molecule has 0 bridgehead atoms. The lowest BCUT2D eigenvalue weighted by Gasteiger charge is -2.22. The SMILES string of the molecule is CN(C(=O)c1ccn(-c2ccc(Cl)c(Cl)c2)n1)C1CCNC1. The van der Waals surface area contributed by atoms with Crippen LogP contribution >= 0.6 is 23.2 Å². The fourth-order valence-electron chi connectivity index (χ4n) is 2.53. The van der Waals surface area contributed by atoms with Gasteiger partial charge in [0.25, 0.3) is 5.91 Å². The molecule has 22 heavy (non-hydrogen) atoms. The van der Waals surface area contributed by atoms with Gasteiger partial charge in [-0.25, -0.2) is 4.68 Å². The van der Waals surface area contributed by atoms with E-state index in [9.17, 15) is 4.79 Å². The molecule has 1 amide bonds. The number of benzene rings is 1. The molecule has 1 N–H and O–H groups in total. The number of hydrogen-bond donors (Lipinski definition) is 1. The lowest BCUT2D eigenvalue weighted by atomic mass is 10.2. The molecule has 1 saturated heterocycles. The van der Waals surface area contributed by atoms with Gasteiger partial charge < -0.3 is 10.2 Å². The zero-order valence-electron chi connectivity index (χ0n) is 12.1. The Bertz CT molecular complexity index is 695. The van der Waals surface area contributed by atoms with Crippen LogP contribution in [0, 0.1) is 0 Å². The van der Waals surface area contributed by atoms with Gasteiger partial charge in [0.1, 0.15) is 0 Å². The summed E-state index contributed by atoms with van der Waals surface area (Å²) in [4.78, 5) is 14.2. The van der Waals surface area contributed by atoms with E-state index >= 15 is 0 Å². The van der Waals surface area contributed by atoms with E-state index in [0.717, 1.165) is 25.2 Å². The molecule has 1 aliphatic heterocycles. The van der Waals surface area contributed by atoms with Crippen LogP contribution in [-0.2, 0) is 0 Å². The Hall–Kier alpha value is -1.56. The molecule has 1 unspecified atom stereocenters. The van der Waals surface area contributed by atoms with Gasteiger partial charge in [-0.15, -0.1) is 0 Å². The first-order valence-electron chi connectivity index (χ1n) is 7.05. The topological polar surface area (TPSA) is 50.2 Å². The zero-order valence-corrected chi connectivity index (χ0v) is 13.6. The maximum Gasteiger partial charge on any atom is 0.274 e. The van der Waals surface area contributed by atoms with Gasteiger partial charge in [-0.1, -0.05) is 23.2 Å². The first-order chi connectivity index (χ1) is 10.6. The largest absolute Gasteiger partial charge is 0.336 e. The van der Waals surface area contributed by atoms with Gasteiger partial charge in [-0.2, -0.15) is 5.10 Å². The van der Waals surface area contributed by atoms with Crippen LogP contribution in [0.15, 0.2) is 30.5 Å². The van der Waals surface area contributed by atoms with E-state index < -0.39 is 0 Å². The summed E-state index contributed by atoms with van der Waals surface area (Å²) in [6.45, 7) is 1.77. The predicted octanol–water partition coefficient (Wildman–Crippen LogP) is 2.61. The molecule has 5 nitrogen and oxygen atoms in total. The molecule has 2 aromatic rings. The van der Waals surface area contributed by atoms with Crippen molar-refractivity contribution in [2.45, 2.75) is 12.5 Å². The van der Waals surface area contributed by atoms with Crippen molar-refractivity contribution >= 4 is 29.1 Å². The number of nitrogens with zero attached hydrogens (tertiary/aromatic N) is 3. The summed E-state index contributed by atoms with van der Waals surface area (Å²) in [5, 5.41) is 8.55. The number of nitrogens with one attached hydrogen (secondary N) is 1. The third-order valence-corrected chi connectivity index (χ3v) is 4.62. The van der Waals surface area contributed by atoms with Crippen molar-refractivity contribution in [3.8, 4) is 5.69 Å². The van der Waals surface area contributed by atoms with Crippen LogP contribution < -0.4 is 5.32 Å². The lowest BCUT2D eigenvalue weighted by Crippen LogP contribution is -2.38. The minimum Gasteiger partial charge on any atom is -0.336 e. The molecule has 116 valence electrons. The Morgan fingerprint density at radius 3 is 2.86 bits per heavy atom. The van der Waals surface area contributed by atoms with Crippen molar-refractivity contribution in [2.24, 2.45) is 0 Å². The Morgan fingerprint density at radius 1 is 1.36 bits per heavy atom. The molecule has 0 spiro atoms. The number of hydrogen-bond acceptors (Lipinski definition) is 3. The summed E-state index contributed by atoms with van der Waals surface area (Å²) >= 11 is 11.9. The average Bonchev–Trinajstić information content (AvgIpc) is 3.19. The number of rotatable bonds is 3. The van der Waals surface area contributed by atoms with E-state index in [1.807, 2.05) is 7.05 Å². The predicted molar refractivity (Wildman–Crippen MR) is 87.0 cm³/mol. The molecule has 0 radical (unpaired) electrons. The molecule has 1 atom stereocenters. The van der Waals surface area contributed by atoms with E-state index in [1.54, 1.807) is 40.0 Å². The molecule has 1 fully saturated rings. The van der Waals surface area contributed by atoms with Crippen molar-refractivity contribution in [3.63, 3.8) is 0 Å². The molecular formula is C15H16Cl2N4O. The average molecular weight is 339 g/mol. The van der Waals surface area contributed by atoms with Crippen LogP contribution in [0.4, 0.5) is 0 Å². The molecule has 1 aromatic carbocycles. The van der Waals surface area contributed by atoms with Crippen molar-refractivity contribution in [3.05, 3.63) is 46.2 Å². The second-order valence-corrected chi connectivity index (χ2v) is 6.12. The van der Waals surface area contributed by atoms with Crippen LogP contribution in [0.5, 0.6) is 0 Å². The number of carbonyl (C=O) groups excluding carboxylic acids is 1.